The first-order chi connectivity index (χ1) is 18.0. The van der Waals surface area contributed by atoms with E-state index in [4.69, 9.17) is 11.5 Å². The number of likely N-dealkylation sites (tertiary alicyclic amines) is 1. The van der Waals surface area contributed by atoms with Gasteiger partial charge >= 0.3 is 11.7 Å². The Balaban J connectivity index is 1.33. The van der Waals surface area contributed by atoms with Crippen LogP contribution in [0.5, 0.6) is 0 Å². The second-order valence-electron chi connectivity index (χ2n) is 11.0. The normalized spacial score (nSPS) is 19.4. The van der Waals surface area contributed by atoms with Crippen LogP contribution in [0.25, 0.3) is 5.69 Å². The second-order valence-corrected chi connectivity index (χ2v) is 11.0. The number of nitrogens with one attached hydrogen (secondary N) is 1. The van der Waals surface area contributed by atoms with Gasteiger partial charge in [0.1, 0.15) is 5.82 Å². The minimum atomic E-state index is -0.963. The number of rotatable bonds is 6. The van der Waals surface area contributed by atoms with Gasteiger partial charge in [0.2, 0.25) is 5.91 Å². The summed E-state index contributed by atoms with van der Waals surface area (Å²) in [5.74, 6) is 0.674. The Kier molecular flexibility index (Phi) is 8.49. The molecular formula is C27H40N8O3. The van der Waals surface area contributed by atoms with Crippen LogP contribution in [0.2, 0.25) is 0 Å². The molecule has 2 aliphatic heterocycles. The van der Waals surface area contributed by atoms with Gasteiger partial charge in [-0.2, -0.15) is 4.98 Å². The number of hydrogen-bond donors (Lipinski definition) is 3. The standard InChI is InChI=1S/C27H40N8O3/c1-19-17-33(14-15-34(19)24(36)27(2,3)29)25(37)30-23-10-13-35(26(38)31-23)22-6-4-21(5-7-22)18-32-11-8-20(16-28)9-12-32/h4-7,10,13,19-20H,8-9,11-12,14-18,28-29H2,1-3H3,(H,30,31,37,38). The molecule has 0 radical (unpaired) electrons. The Labute approximate surface area is 223 Å². The van der Waals surface area contributed by atoms with Gasteiger partial charge in [0, 0.05) is 38.4 Å². The molecular weight excluding hydrogens is 484 g/mol. The van der Waals surface area contributed by atoms with E-state index in [1.165, 1.54) is 10.1 Å². The number of carbonyl (C=O) groups excluding carboxylic acids is 2. The molecule has 206 valence electrons. The minimum absolute atomic E-state index is 0.143. The molecule has 1 aromatic carbocycles. The highest BCUT2D eigenvalue weighted by atomic mass is 16.2. The molecule has 2 aromatic rings. The van der Waals surface area contributed by atoms with E-state index in [1.54, 1.807) is 35.9 Å². The van der Waals surface area contributed by atoms with E-state index in [1.807, 2.05) is 31.2 Å². The van der Waals surface area contributed by atoms with Crippen molar-refractivity contribution in [1.82, 2.24) is 24.3 Å². The summed E-state index contributed by atoms with van der Waals surface area (Å²) in [7, 11) is 0. The van der Waals surface area contributed by atoms with Crippen LogP contribution in [0.15, 0.2) is 41.3 Å². The van der Waals surface area contributed by atoms with Gasteiger partial charge in [-0.3, -0.25) is 19.6 Å². The molecule has 11 nitrogen and oxygen atoms in total. The average Bonchev–Trinajstić information content (AvgIpc) is 2.89. The van der Waals surface area contributed by atoms with Crippen molar-refractivity contribution in [3.05, 3.63) is 52.6 Å². The molecule has 0 spiro atoms. The Bertz CT molecular complexity index is 1180. The highest BCUT2D eigenvalue weighted by Crippen LogP contribution is 2.19. The van der Waals surface area contributed by atoms with Gasteiger partial charge in [-0.25, -0.2) is 9.59 Å². The second kappa shape index (κ2) is 11.6. The number of nitrogens with zero attached hydrogens (tertiary/aromatic N) is 5. The molecule has 0 bridgehead atoms. The summed E-state index contributed by atoms with van der Waals surface area (Å²) in [6.45, 7) is 10.1. The number of urea groups is 1. The molecule has 2 aliphatic rings. The van der Waals surface area contributed by atoms with Gasteiger partial charge in [0.05, 0.1) is 11.2 Å². The zero-order valence-electron chi connectivity index (χ0n) is 22.6. The van der Waals surface area contributed by atoms with Gasteiger partial charge < -0.3 is 21.3 Å². The maximum absolute atomic E-state index is 12.8. The van der Waals surface area contributed by atoms with E-state index in [-0.39, 0.29) is 23.8 Å². The third-order valence-electron chi connectivity index (χ3n) is 7.43. The molecule has 4 rings (SSSR count). The van der Waals surface area contributed by atoms with Crippen molar-refractivity contribution >= 4 is 17.8 Å². The van der Waals surface area contributed by atoms with Gasteiger partial charge in [-0.15, -0.1) is 0 Å². The Morgan fingerprint density at radius 3 is 2.34 bits per heavy atom. The highest BCUT2D eigenvalue weighted by molar-refractivity contribution is 5.89. The maximum Gasteiger partial charge on any atom is 0.354 e. The number of carbonyl (C=O) groups is 2. The molecule has 1 aromatic heterocycles. The van der Waals surface area contributed by atoms with Crippen LogP contribution in [0.1, 0.15) is 39.2 Å². The molecule has 2 saturated heterocycles. The summed E-state index contributed by atoms with van der Waals surface area (Å²) < 4.78 is 1.45. The smallest absolute Gasteiger partial charge is 0.335 e. The first-order valence-electron chi connectivity index (χ1n) is 13.3. The molecule has 1 atom stereocenters. The third kappa shape index (κ3) is 6.58. The van der Waals surface area contributed by atoms with E-state index in [9.17, 15) is 14.4 Å². The topological polar surface area (TPSA) is 143 Å². The fourth-order valence-corrected chi connectivity index (χ4v) is 5.07. The lowest BCUT2D eigenvalue weighted by atomic mass is 9.97. The predicted molar refractivity (Wildman–Crippen MR) is 147 cm³/mol. The zero-order valence-corrected chi connectivity index (χ0v) is 22.6. The Morgan fingerprint density at radius 2 is 1.76 bits per heavy atom. The summed E-state index contributed by atoms with van der Waals surface area (Å²) in [5.41, 5.74) is 12.2. The van der Waals surface area contributed by atoms with Crippen molar-refractivity contribution < 1.29 is 9.59 Å². The first kappa shape index (κ1) is 27.7. The van der Waals surface area contributed by atoms with Crippen LogP contribution in [0, 0.1) is 5.92 Å². The van der Waals surface area contributed by atoms with E-state index in [0.717, 1.165) is 39.0 Å². The van der Waals surface area contributed by atoms with Gasteiger partial charge in [0.25, 0.3) is 0 Å². The minimum Gasteiger partial charge on any atom is -0.335 e. The predicted octanol–water partition coefficient (Wildman–Crippen LogP) is 1.21. The summed E-state index contributed by atoms with van der Waals surface area (Å²) in [6, 6.07) is 8.96. The molecule has 38 heavy (non-hydrogen) atoms. The van der Waals surface area contributed by atoms with E-state index < -0.39 is 11.2 Å². The van der Waals surface area contributed by atoms with Gasteiger partial charge in [-0.1, -0.05) is 12.1 Å². The van der Waals surface area contributed by atoms with Crippen LogP contribution in [-0.2, 0) is 11.3 Å². The molecule has 0 aliphatic carbocycles. The van der Waals surface area contributed by atoms with Crippen LogP contribution in [0.4, 0.5) is 10.6 Å². The van der Waals surface area contributed by atoms with Gasteiger partial charge in [0.15, 0.2) is 0 Å². The fourth-order valence-electron chi connectivity index (χ4n) is 5.07. The number of piperazine rings is 1. The van der Waals surface area contributed by atoms with E-state index in [2.05, 4.69) is 15.2 Å². The maximum atomic E-state index is 12.8. The Morgan fingerprint density at radius 1 is 1.08 bits per heavy atom. The first-order valence-corrected chi connectivity index (χ1v) is 13.3. The number of nitrogens with two attached hydrogens (primary N) is 2. The number of aromatic nitrogens is 2. The summed E-state index contributed by atoms with van der Waals surface area (Å²) >= 11 is 0. The van der Waals surface area contributed by atoms with Crippen LogP contribution < -0.4 is 22.5 Å². The van der Waals surface area contributed by atoms with Crippen molar-refractivity contribution in [2.24, 2.45) is 17.4 Å². The van der Waals surface area contributed by atoms with Crippen molar-refractivity contribution in [3.8, 4) is 5.69 Å². The van der Waals surface area contributed by atoms with Crippen molar-refractivity contribution in [2.45, 2.75) is 51.7 Å². The van der Waals surface area contributed by atoms with Gasteiger partial charge in [-0.05, 0) is 82.9 Å². The largest absolute Gasteiger partial charge is 0.354 e. The number of hydrogen-bond acceptors (Lipinski definition) is 7. The fraction of sp³-hybridized carbons (Fsp3) is 0.556. The zero-order chi connectivity index (χ0) is 27.4. The molecule has 5 N–H and O–H groups in total. The van der Waals surface area contributed by atoms with Crippen LogP contribution in [0.3, 0.4) is 0 Å². The average molecular weight is 525 g/mol. The monoisotopic (exact) mass is 524 g/mol. The number of anilines is 1. The molecule has 3 amide bonds. The quantitative estimate of drug-likeness (QED) is 0.515. The number of benzene rings is 1. The SMILES string of the molecule is CC1CN(C(=O)Nc2ccn(-c3ccc(CN4CCC(CN)CC4)cc3)c(=O)n2)CCN1C(=O)C(C)(C)N. The third-order valence-corrected chi connectivity index (χ3v) is 7.43. The molecule has 0 saturated carbocycles. The van der Waals surface area contributed by atoms with Crippen molar-refractivity contribution in [3.63, 3.8) is 0 Å². The lowest BCUT2D eigenvalue weighted by Crippen LogP contribution is -2.61. The lowest BCUT2D eigenvalue weighted by molar-refractivity contribution is -0.139. The lowest BCUT2D eigenvalue weighted by Gasteiger charge is -2.42. The molecule has 3 heterocycles. The molecule has 1 unspecified atom stereocenters. The number of amides is 3. The summed E-state index contributed by atoms with van der Waals surface area (Å²) in [6.07, 6.45) is 3.89. The van der Waals surface area contributed by atoms with E-state index in [0.29, 0.717) is 31.2 Å². The number of piperidine rings is 1. The Hall–Kier alpha value is -3.28. The van der Waals surface area contributed by atoms with E-state index >= 15 is 0 Å². The van der Waals surface area contributed by atoms with Crippen molar-refractivity contribution in [2.75, 3.05) is 44.6 Å². The van der Waals surface area contributed by atoms with Crippen molar-refractivity contribution in [1.29, 1.82) is 0 Å². The highest BCUT2D eigenvalue weighted by Gasteiger charge is 2.35. The molecule has 2 fully saturated rings. The van der Waals surface area contributed by atoms with Crippen LogP contribution in [-0.4, -0.2) is 87.0 Å². The summed E-state index contributed by atoms with van der Waals surface area (Å²) in [4.78, 5) is 47.9. The van der Waals surface area contributed by atoms with Crippen LogP contribution >= 0.6 is 0 Å². The summed E-state index contributed by atoms with van der Waals surface area (Å²) in [5, 5.41) is 2.71. The molecule has 11 heteroatoms.